The highest BCUT2D eigenvalue weighted by atomic mass is 19.1. The van der Waals surface area contributed by atoms with E-state index in [0.717, 1.165) is 0 Å². The van der Waals surface area contributed by atoms with Crippen LogP contribution < -0.4 is 0 Å². The Kier molecular flexibility index (Phi) is 3.19. The number of hydrogen-bond donors (Lipinski definition) is 0. The van der Waals surface area contributed by atoms with Crippen molar-refractivity contribution in [2.75, 3.05) is 0 Å². The van der Waals surface area contributed by atoms with E-state index in [1.807, 2.05) is 0 Å². The van der Waals surface area contributed by atoms with Crippen molar-refractivity contribution >= 4 is 5.69 Å². The number of nitrogens with zero attached hydrogens (tertiary/aromatic N) is 2. The van der Waals surface area contributed by atoms with Gasteiger partial charge in [0.1, 0.15) is 5.82 Å². The molecule has 6 heteroatoms. The minimum absolute atomic E-state index is 0.0823. The molecule has 2 aromatic carbocycles. The first-order valence-electron chi connectivity index (χ1n) is 6.12. The van der Waals surface area contributed by atoms with Crippen molar-refractivity contribution in [3.8, 4) is 22.6 Å². The van der Waals surface area contributed by atoms with Crippen molar-refractivity contribution in [3.05, 3.63) is 70.5 Å². The maximum absolute atomic E-state index is 13.0. The zero-order valence-corrected chi connectivity index (χ0v) is 10.7. The summed E-state index contributed by atoms with van der Waals surface area (Å²) < 4.78 is 18.1. The van der Waals surface area contributed by atoms with Crippen LogP contribution in [0.15, 0.2) is 59.1 Å². The van der Waals surface area contributed by atoms with Gasteiger partial charge in [-0.05, 0) is 24.3 Å². The molecule has 5 nitrogen and oxygen atoms in total. The average Bonchev–Trinajstić information content (AvgIpc) is 2.94. The van der Waals surface area contributed by atoms with Gasteiger partial charge in [0.15, 0.2) is 5.69 Å². The highest BCUT2D eigenvalue weighted by molar-refractivity contribution is 5.80. The smallest absolute Gasteiger partial charge is 0.344 e. The largest absolute Gasteiger partial charge is 0.348 e. The summed E-state index contributed by atoms with van der Waals surface area (Å²) in [6, 6.07) is 14.0. The number of rotatable bonds is 3. The summed E-state index contributed by atoms with van der Waals surface area (Å²) in [7, 11) is 0. The molecule has 1 aromatic heterocycles. The predicted molar refractivity (Wildman–Crippen MR) is 74.0 cm³/mol. The lowest BCUT2D eigenvalue weighted by Crippen LogP contribution is -1.91. The Morgan fingerprint density at radius 3 is 2.29 bits per heavy atom. The molecule has 0 aliphatic rings. The first-order chi connectivity index (χ1) is 10.2. The highest BCUT2D eigenvalue weighted by Crippen LogP contribution is 2.38. The van der Waals surface area contributed by atoms with E-state index in [9.17, 15) is 14.5 Å². The first-order valence-corrected chi connectivity index (χ1v) is 6.12. The predicted octanol–water partition coefficient (Wildman–Crippen LogP) is 4.06. The molecule has 0 bridgehead atoms. The van der Waals surface area contributed by atoms with Crippen molar-refractivity contribution in [1.29, 1.82) is 0 Å². The Labute approximate surface area is 118 Å². The molecule has 0 aliphatic heterocycles. The van der Waals surface area contributed by atoms with E-state index in [4.69, 9.17) is 4.52 Å². The van der Waals surface area contributed by atoms with E-state index in [1.54, 1.807) is 30.3 Å². The minimum atomic E-state index is -0.544. The Balaban J connectivity index is 2.17. The van der Waals surface area contributed by atoms with Crippen LogP contribution in [-0.2, 0) is 0 Å². The van der Waals surface area contributed by atoms with Gasteiger partial charge in [-0.2, -0.15) is 0 Å². The van der Waals surface area contributed by atoms with E-state index < -0.39 is 10.7 Å². The van der Waals surface area contributed by atoms with Gasteiger partial charge >= 0.3 is 5.69 Å². The number of aromatic nitrogens is 1. The van der Waals surface area contributed by atoms with Crippen LogP contribution in [-0.4, -0.2) is 10.1 Å². The molecule has 0 atom stereocenters. The molecule has 0 fully saturated rings. The van der Waals surface area contributed by atoms with E-state index in [0.29, 0.717) is 11.1 Å². The van der Waals surface area contributed by atoms with Crippen LogP contribution in [0.2, 0.25) is 0 Å². The molecule has 0 spiro atoms. The fraction of sp³-hybridized carbons (Fsp3) is 0. The third-order valence-electron chi connectivity index (χ3n) is 3.00. The third kappa shape index (κ3) is 2.38. The Morgan fingerprint density at radius 2 is 1.67 bits per heavy atom. The summed E-state index contributed by atoms with van der Waals surface area (Å²) in [5.41, 5.74) is 0.839. The lowest BCUT2D eigenvalue weighted by atomic mass is 10.1. The number of halogens is 1. The summed E-state index contributed by atoms with van der Waals surface area (Å²) in [6.07, 6.45) is 0. The summed E-state index contributed by atoms with van der Waals surface area (Å²) in [6.45, 7) is 0. The molecule has 1 heterocycles. The summed E-state index contributed by atoms with van der Waals surface area (Å²) in [5, 5.41) is 15.1. The number of nitro groups is 1. The molecule has 3 aromatic rings. The second-order valence-electron chi connectivity index (χ2n) is 4.34. The molecular weight excluding hydrogens is 275 g/mol. The molecule has 0 saturated carbocycles. The van der Waals surface area contributed by atoms with Crippen molar-refractivity contribution in [2.24, 2.45) is 0 Å². The van der Waals surface area contributed by atoms with Gasteiger partial charge in [0.2, 0.25) is 5.76 Å². The third-order valence-corrected chi connectivity index (χ3v) is 3.00. The van der Waals surface area contributed by atoms with Crippen LogP contribution in [0, 0.1) is 15.9 Å². The minimum Gasteiger partial charge on any atom is -0.348 e. The Morgan fingerprint density at radius 1 is 1.00 bits per heavy atom. The second kappa shape index (κ2) is 5.16. The lowest BCUT2D eigenvalue weighted by Gasteiger charge is -1.97. The SMILES string of the molecule is O=[N+]([O-])c1c(-c2ccc(F)cc2)noc1-c1ccccc1. The van der Waals surface area contributed by atoms with Crippen molar-refractivity contribution in [3.63, 3.8) is 0 Å². The van der Waals surface area contributed by atoms with Gasteiger partial charge in [0.05, 0.1) is 4.92 Å². The first kappa shape index (κ1) is 13.0. The molecular formula is C15H9FN2O3. The van der Waals surface area contributed by atoms with Crippen molar-refractivity contribution in [2.45, 2.75) is 0 Å². The zero-order chi connectivity index (χ0) is 14.8. The van der Waals surface area contributed by atoms with Gasteiger partial charge < -0.3 is 4.52 Å². The van der Waals surface area contributed by atoms with Crippen LogP contribution in [0.5, 0.6) is 0 Å². The second-order valence-corrected chi connectivity index (χ2v) is 4.34. The number of hydrogen-bond acceptors (Lipinski definition) is 4. The van der Waals surface area contributed by atoms with E-state index >= 15 is 0 Å². The topological polar surface area (TPSA) is 69.2 Å². The molecule has 0 unspecified atom stereocenters. The molecule has 0 amide bonds. The molecule has 21 heavy (non-hydrogen) atoms. The fourth-order valence-corrected chi connectivity index (χ4v) is 2.03. The van der Waals surface area contributed by atoms with E-state index in [1.165, 1.54) is 24.3 Å². The van der Waals surface area contributed by atoms with E-state index in [2.05, 4.69) is 5.16 Å². The van der Waals surface area contributed by atoms with E-state index in [-0.39, 0.29) is 17.1 Å². The average molecular weight is 284 g/mol. The van der Waals surface area contributed by atoms with Crippen LogP contribution in [0.1, 0.15) is 0 Å². The van der Waals surface area contributed by atoms with Crippen molar-refractivity contribution in [1.82, 2.24) is 5.16 Å². The lowest BCUT2D eigenvalue weighted by molar-refractivity contribution is -0.383. The summed E-state index contributed by atoms with van der Waals surface area (Å²) in [5.74, 6) is -0.340. The van der Waals surface area contributed by atoms with Crippen LogP contribution >= 0.6 is 0 Å². The maximum Gasteiger partial charge on any atom is 0.344 e. The van der Waals surface area contributed by atoms with Crippen LogP contribution in [0.25, 0.3) is 22.6 Å². The summed E-state index contributed by atoms with van der Waals surface area (Å²) in [4.78, 5) is 10.8. The summed E-state index contributed by atoms with van der Waals surface area (Å²) >= 11 is 0. The van der Waals surface area contributed by atoms with Gasteiger partial charge in [-0.15, -0.1) is 0 Å². The molecule has 0 N–H and O–H groups in total. The van der Waals surface area contributed by atoms with Gasteiger partial charge in [0.25, 0.3) is 0 Å². The van der Waals surface area contributed by atoms with Gasteiger partial charge in [-0.3, -0.25) is 10.1 Å². The maximum atomic E-state index is 13.0. The Bertz CT molecular complexity index is 782. The molecule has 3 rings (SSSR count). The standard InChI is InChI=1S/C15H9FN2O3/c16-12-8-6-10(7-9-12)13-14(18(19)20)15(21-17-13)11-4-2-1-3-5-11/h1-9H. The van der Waals surface area contributed by atoms with Crippen LogP contribution in [0.4, 0.5) is 10.1 Å². The number of benzene rings is 2. The Hall–Kier alpha value is -3.02. The molecule has 0 saturated heterocycles. The zero-order valence-electron chi connectivity index (χ0n) is 10.7. The molecule has 0 radical (unpaired) electrons. The normalized spacial score (nSPS) is 10.5. The monoisotopic (exact) mass is 284 g/mol. The van der Waals surface area contributed by atoms with Crippen molar-refractivity contribution < 1.29 is 13.8 Å². The van der Waals surface area contributed by atoms with Gasteiger partial charge in [0, 0.05) is 11.1 Å². The fourth-order valence-electron chi connectivity index (χ4n) is 2.03. The van der Waals surface area contributed by atoms with Gasteiger partial charge in [-0.25, -0.2) is 4.39 Å². The highest BCUT2D eigenvalue weighted by Gasteiger charge is 2.28. The van der Waals surface area contributed by atoms with Crippen LogP contribution in [0.3, 0.4) is 0 Å². The quantitative estimate of drug-likeness (QED) is 0.537. The van der Waals surface area contributed by atoms with Gasteiger partial charge in [-0.1, -0.05) is 35.5 Å². The molecule has 104 valence electrons. The molecule has 0 aliphatic carbocycles.